The second-order valence-corrected chi connectivity index (χ2v) is 10.3. The van der Waals surface area contributed by atoms with Crippen molar-refractivity contribution in [2.45, 2.75) is 44.3 Å². The van der Waals surface area contributed by atoms with Gasteiger partial charge in [0.05, 0.1) is 11.4 Å². The minimum Gasteiger partial charge on any atom is -0.383 e. The molecule has 6 rings (SSSR count). The molecular weight excluding hydrogens is 462 g/mol. The third-order valence-corrected chi connectivity index (χ3v) is 7.96. The highest BCUT2D eigenvalue weighted by Crippen LogP contribution is 2.37. The molecule has 2 fully saturated rings. The van der Waals surface area contributed by atoms with Gasteiger partial charge in [-0.2, -0.15) is 5.10 Å². The number of hydrogen-bond acceptors (Lipinski definition) is 8. The van der Waals surface area contributed by atoms with E-state index in [2.05, 4.69) is 72.1 Å². The Morgan fingerprint density at radius 2 is 1.70 bits per heavy atom. The van der Waals surface area contributed by atoms with Crippen molar-refractivity contribution in [2.75, 3.05) is 44.3 Å². The summed E-state index contributed by atoms with van der Waals surface area (Å²) in [6.45, 7) is 5.42. The van der Waals surface area contributed by atoms with E-state index in [1.165, 1.54) is 39.0 Å². The molecule has 9 nitrogen and oxygen atoms in total. The van der Waals surface area contributed by atoms with Gasteiger partial charge < -0.3 is 16.0 Å². The number of nitrogens with one attached hydrogen (secondary N) is 1. The van der Waals surface area contributed by atoms with Crippen LogP contribution in [0.25, 0.3) is 22.3 Å². The first kappa shape index (κ1) is 23.8. The molecule has 1 aromatic carbocycles. The first-order chi connectivity index (χ1) is 18.2. The Bertz CT molecular complexity index is 1320. The number of nitrogens with two attached hydrogens (primary N) is 1. The van der Waals surface area contributed by atoms with Gasteiger partial charge in [0.25, 0.3) is 0 Å². The predicted molar refractivity (Wildman–Crippen MR) is 147 cm³/mol. The van der Waals surface area contributed by atoms with Crippen LogP contribution in [0.3, 0.4) is 0 Å². The molecule has 0 amide bonds. The maximum atomic E-state index is 6.38. The summed E-state index contributed by atoms with van der Waals surface area (Å²) >= 11 is 0. The van der Waals surface area contributed by atoms with Gasteiger partial charge in [0.15, 0.2) is 5.65 Å². The minimum atomic E-state index is 0.328. The molecule has 9 heteroatoms. The first-order valence-electron chi connectivity index (χ1n) is 13.3. The van der Waals surface area contributed by atoms with Gasteiger partial charge in [-0.3, -0.25) is 9.88 Å². The Kier molecular flexibility index (Phi) is 6.72. The number of anilines is 2. The van der Waals surface area contributed by atoms with E-state index in [4.69, 9.17) is 10.8 Å². The SMILES string of the molecule is CN1CCN(C2CCC(n3nc(-c4ccc(NCc5cccnc5)cc4)c4c(N)ncnc43)CC2)CC1. The Morgan fingerprint density at radius 1 is 0.946 bits per heavy atom. The van der Waals surface area contributed by atoms with Gasteiger partial charge in [0.1, 0.15) is 17.8 Å². The van der Waals surface area contributed by atoms with E-state index in [0.717, 1.165) is 52.9 Å². The monoisotopic (exact) mass is 497 g/mol. The van der Waals surface area contributed by atoms with Crippen LogP contribution < -0.4 is 11.1 Å². The lowest BCUT2D eigenvalue weighted by Gasteiger charge is -2.41. The van der Waals surface area contributed by atoms with Crippen LogP contribution in [0.5, 0.6) is 0 Å². The molecule has 0 atom stereocenters. The summed E-state index contributed by atoms with van der Waals surface area (Å²) in [6.07, 6.45) is 9.83. The van der Waals surface area contributed by atoms with E-state index in [9.17, 15) is 0 Å². The van der Waals surface area contributed by atoms with E-state index in [-0.39, 0.29) is 0 Å². The summed E-state index contributed by atoms with van der Waals surface area (Å²) in [7, 11) is 2.22. The molecule has 1 aliphatic carbocycles. The van der Waals surface area contributed by atoms with Crippen LogP contribution in [0.1, 0.15) is 37.3 Å². The lowest BCUT2D eigenvalue weighted by Crippen LogP contribution is -2.49. The fraction of sp³-hybridized carbons (Fsp3) is 0.429. The second kappa shape index (κ2) is 10.4. The molecule has 37 heavy (non-hydrogen) atoms. The van der Waals surface area contributed by atoms with Crippen LogP contribution >= 0.6 is 0 Å². The molecule has 1 aliphatic heterocycles. The number of nitrogens with zero attached hydrogens (tertiary/aromatic N) is 7. The molecule has 0 unspecified atom stereocenters. The average Bonchev–Trinajstić information content (AvgIpc) is 3.34. The zero-order valence-electron chi connectivity index (χ0n) is 21.4. The highest BCUT2D eigenvalue weighted by Gasteiger charge is 2.30. The van der Waals surface area contributed by atoms with Crippen LogP contribution in [0, 0.1) is 0 Å². The minimum absolute atomic E-state index is 0.328. The zero-order chi connectivity index (χ0) is 25.2. The zero-order valence-corrected chi connectivity index (χ0v) is 21.4. The summed E-state index contributed by atoms with van der Waals surface area (Å²) < 4.78 is 2.12. The smallest absolute Gasteiger partial charge is 0.164 e. The number of fused-ring (bicyclic) bond motifs is 1. The van der Waals surface area contributed by atoms with E-state index in [1.807, 2.05) is 12.3 Å². The van der Waals surface area contributed by atoms with Crippen LogP contribution in [-0.4, -0.2) is 73.8 Å². The molecule has 0 bridgehead atoms. The average molecular weight is 498 g/mol. The van der Waals surface area contributed by atoms with Gasteiger partial charge in [-0.25, -0.2) is 14.6 Å². The van der Waals surface area contributed by atoms with Crippen LogP contribution in [0.2, 0.25) is 0 Å². The van der Waals surface area contributed by atoms with Crippen molar-refractivity contribution in [1.29, 1.82) is 0 Å². The molecule has 0 radical (unpaired) electrons. The normalized spacial score (nSPS) is 21.3. The van der Waals surface area contributed by atoms with Crippen LogP contribution in [0.4, 0.5) is 11.5 Å². The Labute approximate surface area is 217 Å². The summed E-state index contributed by atoms with van der Waals surface area (Å²) in [6, 6.07) is 13.4. The van der Waals surface area contributed by atoms with Crippen molar-refractivity contribution in [1.82, 2.24) is 34.5 Å². The highest BCUT2D eigenvalue weighted by molar-refractivity contribution is 5.98. The number of rotatable bonds is 6. The summed E-state index contributed by atoms with van der Waals surface area (Å²) in [5, 5.41) is 9.40. The van der Waals surface area contributed by atoms with Gasteiger partial charge in [0, 0.05) is 62.4 Å². The molecule has 1 saturated carbocycles. The first-order valence-corrected chi connectivity index (χ1v) is 13.3. The molecule has 4 heterocycles. The van der Waals surface area contributed by atoms with Crippen LogP contribution in [0.15, 0.2) is 55.1 Å². The third-order valence-electron chi connectivity index (χ3n) is 7.96. The van der Waals surface area contributed by atoms with Gasteiger partial charge >= 0.3 is 0 Å². The van der Waals surface area contributed by atoms with Crippen molar-refractivity contribution >= 4 is 22.5 Å². The Hall–Kier alpha value is -3.56. The van der Waals surface area contributed by atoms with Gasteiger partial charge in [-0.1, -0.05) is 18.2 Å². The quantitative estimate of drug-likeness (QED) is 0.415. The topological polar surface area (TPSA) is 101 Å². The summed E-state index contributed by atoms with van der Waals surface area (Å²) in [5.41, 5.74) is 11.3. The largest absolute Gasteiger partial charge is 0.383 e. The molecule has 4 aromatic rings. The van der Waals surface area contributed by atoms with Gasteiger partial charge in [0.2, 0.25) is 0 Å². The van der Waals surface area contributed by atoms with Crippen molar-refractivity contribution < 1.29 is 0 Å². The summed E-state index contributed by atoms with van der Waals surface area (Å²) in [4.78, 5) is 18.2. The van der Waals surface area contributed by atoms with Crippen LogP contribution in [-0.2, 0) is 6.54 Å². The number of hydrogen-bond donors (Lipinski definition) is 2. The lowest BCUT2D eigenvalue weighted by molar-refractivity contribution is 0.0815. The molecule has 3 aromatic heterocycles. The van der Waals surface area contributed by atoms with Crippen molar-refractivity contribution in [3.8, 4) is 11.3 Å². The van der Waals surface area contributed by atoms with E-state index >= 15 is 0 Å². The number of piperazine rings is 1. The number of likely N-dealkylation sites (N-methyl/N-ethyl adjacent to an activating group) is 1. The molecule has 0 spiro atoms. The fourth-order valence-electron chi connectivity index (χ4n) is 5.76. The van der Waals surface area contributed by atoms with E-state index < -0.39 is 0 Å². The third kappa shape index (κ3) is 5.01. The fourth-order valence-corrected chi connectivity index (χ4v) is 5.76. The lowest BCUT2D eigenvalue weighted by atomic mass is 9.90. The Balaban J connectivity index is 1.20. The van der Waals surface area contributed by atoms with E-state index in [1.54, 1.807) is 12.5 Å². The maximum absolute atomic E-state index is 6.38. The molecule has 1 saturated heterocycles. The van der Waals surface area contributed by atoms with E-state index in [0.29, 0.717) is 17.9 Å². The molecule has 3 N–H and O–H groups in total. The Morgan fingerprint density at radius 3 is 2.43 bits per heavy atom. The highest BCUT2D eigenvalue weighted by atomic mass is 15.3. The number of pyridine rings is 1. The second-order valence-electron chi connectivity index (χ2n) is 10.3. The molecule has 2 aliphatic rings. The molecule has 192 valence electrons. The van der Waals surface area contributed by atoms with Crippen molar-refractivity contribution in [2.24, 2.45) is 0 Å². The predicted octanol–water partition coefficient (Wildman–Crippen LogP) is 3.81. The van der Waals surface area contributed by atoms with Gasteiger partial charge in [-0.05, 0) is 56.5 Å². The van der Waals surface area contributed by atoms with Crippen molar-refractivity contribution in [3.05, 3.63) is 60.7 Å². The van der Waals surface area contributed by atoms with Gasteiger partial charge in [-0.15, -0.1) is 0 Å². The molecular formula is C28H35N9. The van der Waals surface area contributed by atoms with Crippen molar-refractivity contribution in [3.63, 3.8) is 0 Å². The standard InChI is InChI=1S/C28H35N9/c1-35-13-15-36(16-14-35)23-8-10-24(11-9-23)37-28-25(27(29)32-19-33-28)26(34-37)21-4-6-22(7-5-21)31-18-20-3-2-12-30-17-20/h2-7,12,17,19,23-24,31H,8-11,13-16,18H2,1H3,(H2,29,32,33). The number of nitrogen functional groups attached to an aromatic ring is 1. The maximum Gasteiger partial charge on any atom is 0.164 e. The number of benzene rings is 1. The summed E-state index contributed by atoms with van der Waals surface area (Å²) in [5.74, 6) is 0.483. The number of aromatic nitrogens is 5.